The Bertz CT molecular complexity index is 791. The van der Waals surface area contributed by atoms with Crippen molar-refractivity contribution in [2.75, 3.05) is 13.7 Å². The van der Waals surface area contributed by atoms with Crippen molar-refractivity contribution in [1.82, 2.24) is 5.32 Å². The number of rotatable bonds is 10. The Hall–Kier alpha value is -2.68. The summed E-state index contributed by atoms with van der Waals surface area (Å²) < 4.78 is 6.18. The van der Waals surface area contributed by atoms with Crippen molar-refractivity contribution >= 4 is 0 Å². The quantitative estimate of drug-likeness (QED) is 0.485. The average Bonchev–Trinajstić information content (AvgIpc) is 2.78. The molecule has 1 N–H and O–H groups in total. The van der Waals surface area contributed by atoms with Crippen molar-refractivity contribution in [2.45, 2.75) is 24.5 Å². The van der Waals surface area contributed by atoms with Crippen LogP contribution in [0.4, 0.5) is 0 Å². The molecule has 0 aliphatic heterocycles. The van der Waals surface area contributed by atoms with E-state index in [-0.39, 0.29) is 6.04 Å². The molecule has 0 bridgehead atoms. The average molecular weight is 372 g/mol. The van der Waals surface area contributed by atoms with Gasteiger partial charge in [0.05, 0.1) is 0 Å². The Morgan fingerprint density at radius 2 is 1.36 bits per heavy atom. The first-order valence-electron chi connectivity index (χ1n) is 9.84. The topological polar surface area (TPSA) is 21.3 Å². The van der Waals surface area contributed by atoms with Gasteiger partial charge in [0.25, 0.3) is 0 Å². The molecule has 0 saturated heterocycles. The first kappa shape index (κ1) is 20.1. The lowest BCUT2D eigenvalue weighted by molar-refractivity contribution is 0.0145. The molecule has 2 nitrogen and oxygen atoms in total. The monoisotopic (exact) mass is 371 g/mol. The first-order chi connectivity index (χ1) is 13.8. The van der Waals surface area contributed by atoms with E-state index in [9.17, 15) is 0 Å². The fraction of sp³-hybridized carbons (Fsp3) is 0.231. The second kappa shape index (κ2) is 10.0. The van der Waals surface area contributed by atoms with Gasteiger partial charge in [-0.3, -0.25) is 0 Å². The van der Waals surface area contributed by atoms with Gasteiger partial charge in [0, 0.05) is 13.2 Å². The normalized spacial score (nSPS) is 12.5. The van der Waals surface area contributed by atoms with Crippen molar-refractivity contribution in [3.05, 3.63) is 120 Å². The molecule has 1 atom stereocenters. The molecule has 144 valence electrons. The van der Waals surface area contributed by atoms with E-state index in [1.165, 1.54) is 16.7 Å². The van der Waals surface area contributed by atoms with Gasteiger partial charge in [-0.1, -0.05) is 97.1 Å². The Labute approximate surface area is 168 Å². The maximum atomic E-state index is 6.18. The molecule has 0 radical (unpaired) electrons. The van der Waals surface area contributed by atoms with Gasteiger partial charge in [0.1, 0.15) is 5.60 Å². The van der Waals surface area contributed by atoms with E-state index in [0.717, 1.165) is 19.4 Å². The molecule has 1 unspecified atom stereocenters. The summed E-state index contributed by atoms with van der Waals surface area (Å²) in [5, 5.41) is 3.65. The summed E-state index contributed by atoms with van der Waals surface area (Å²) in [7, 11) is 1.80. The lowest BCUT2D eigenvalue weighted by Gasteiger charge is -2.34. The van der Waals surface area contributed by atoms with Gasteiger partial charge in [0.15, 0.2) is 0 Å². The Balaban J connectivity index is 1.76. The Morgan fingerprint density at radius 3 is 1.82 bits per heavy atom. The minimum absolute atomic E-state index is 0.225. The van der Waals surface area contributed by atoms with Crippen LogP contribution < -0.4 is 5.32 Å². The smallest absolute Gasteiger partial charge is 0.119 e. The number of hydrogen-bond acceptors (Lipinski definition) is 2. The molecule has 3 aromatic carbocycles. The third kappa shape index (κ3) is 4.78. The van der Waals surface area contributed by atoms with Gasteiger partial charge < -0.3 is 10.1 Å². The fourth-order valence-electron chi connectivity index (χ4n) is 3.75. The molecule has 0 aromatic heterocycles. The lowest BCUT2D eigenvalue weighted by Crippen LogP contribution is -2.37. The van der Waals surface area contributed by atoms with Crippen molar-refractivity contribution in [3.63, 3.8) is 0 Å². The summed E-state index contributed by atoms with van der Waals surface area (Å²) >= 11 is 0. The summed E-state index contributed by atoms with van der Waals surface area (Å²) in [6.07, 6.45) is 3.75. The van der Waals surface area contributed by atoms with E-state index in [2.05, 4.69) is 84.7 Å². The summed E-state index contributed by atoms with van der Waals surface area (Å²) in [4.78, 5) is 0. The molecular weight excluding hydrogens is 342 g/mol. The molecule has 0 spiro atoms. The second-order valence-electron chi connectivity index (χ2n) is 7.00. The van der Waals surface area contributed by atoms with Gasteiger partial charge in [-0.15, -0.1) is 6.58 Å². The van der Waals surface area contributed by atoms with Crippen LogP contribution >= 0.6 is 0 Å². The van der Waals surface area contributed by atoms with Gasteiger partial charge in [0.2, 0.25) is 0 Å². The molecule has 0 aliphatic carbocycles. The second-order valence-corrected chi connectivity index (χ2v) is 7.00. The number of methoxy groups -OCH3 is 1. The molecule has 0 saturated carbocycles. The Morgan fingerprint density at radius 1 is 0.857 bits per heavy atom. The molecular formula is C26H29NO. The number of nitrogens with one attached hydrogen (secondary N) is 1. The van der Waals surface area contributed by atoms with Crippen LogP contribution in [0.3, 0.4) is 0 Å². The third-order valence-electron chi connectivity index (χ3n) is 5.30. The summed E-state index contributed by atoms with van der Waals surface area (Å²) in [6, 6.07) is 31.7. The van der Waals surface area contributed by atoms with E-state index in [0.29, 0.717) is 0 Å². The van der Waals surface area contributed by atoms with Gasteiger partial charge in [-0.25, -0.2) is 0 Å². The van der Waals surface area contributed by atoms with Crippen LogP contribution in [0.25, 0.3) is 0 Å². The lowest BCUT2D eigenvalue weighted by atomic mass is 9.83. The largest absolute Gasteiger partial charge is 0.369 e. The summed E-state index contributed by atoms with van der Waals surface area (Å²) in [5.41, 5.74) is 3.17. The van der Waals surface area contributed by atoms with Crippen molar-refractivity contribution in [3.8, 4) is 0 Å². The molecule has 3 rings (SSSR count). The predicted octanol–water partition coefficient (Wildman–Crippen LogP) is 5.35. The van der Waals surface area contributed by atoms with Crippen LogP contribution in [0, 0.1) is 0 Å². The SMILES string of the molecule is C=CC(Cc1ccccc1)NCCC(OC)(c1ccccc1)c1ccccc1. The van der Waals surface area contributed by atoms with Crippen LogP contribution in [-0.4, -0.2) is 19.7 Å². The van der Waals surface area contributed by atoms with E-state index < -0.39 is 5.60 Å². The van der Waals surface area contributed by atoms with Gasteiger partial charge in [-0.05, 0) is 36.1 Å². The zero-order valence-corrected chi connectivity index (χ0v) is 16.6. The van der Waals surface area contributed by atoms with Crippen LogP contribution in [0.2, 0.25) is 0 Å². The van der Waals surface area contributed by atoms with Crippen LogP contribution in [0.1, 0.15) is 23.1 Å². The summed E-state index contributed by atoms with van der Waals surface area (Å²) in [5.74, 6) is 0. The number of ether oxygens (including phenoxy) is 1. The maximum absolute atomic E-state index is 6.18. The highest BCUT2D eigenvalue weighted by atomic mass is 16.5. The van der Waals surface area contributed by atoms with Crippen molar-refractivity contribution in [2.24, 2.45) is 0 Å². The zero-order valence-electron chi connectivity index (χ0n) is 16.6. The minimum atomic E-state index is -0.478. The van der Waals surface area contributed by atoms with E-state index in [1.807, 2.05) is 24.3 Å². The highest BCUT2D eigenvalue weighted by molar-refractivity contribution is 5.36. The van der Waals surface area contributed by atoms with E-state index in [4.69, 9.17) is 4.74 Å². The first-order valence-corrected chi connectivity index (χ1v) is 9.84. The van der Waals surface area contributed by atoms with Crippen molar-refractivity contribution < 1.29 is 4.74 Å². The Kier molecular flexibility index (Phi) is 7.18. The highest BCUT2D eigenvalue weighted by Gasteiger charge is 2.33. The number of hydrogen-bond donors (Lipinski definition) is 1. The van der Waals surface area contributed by atoms with Crippen LogP contribution in [0.5, 0.6) is 0 Å². The summed E-state index contributed by atoms with van der Waals surface area (Å²) in [6.45, 7) is 4.84. The fourth-order valence-corrected chi connectivity index (χ4v) is 3.75. The highest BCUT2D eigenvalue weighted by Crippen LogP contribution is 2.36. The molecule has 0 aliphatic rings. The minimum Gasteiger partial charge on any atom is -0.369 e. The van der Waals surface area contributed by atoms with Crippen molar-refractivity contribution in [1.29, 1.82) is 0 Å². The predicted molar refractivity (Wildman–Crippen MR) is 117 cm³/mol. The number of benzene rings is 3. The molecule has 0 fully saturated rings. The van der Waals surface area contributed by atoms with E-state index in [1.54, 1.807) is 7.11 Å². The molecule has 0 amide bonds. The van der Waals surface area contributed by atoms with Gasteiger partial charge >= 0.3 is 0 Å². The van der Waals surface area contributed by atoms with Crippen LogP contribution in [-0.2, 0) is 16.8 Å². The molecule has 3 aromatic rings. The molecule has 28 heavy (non-hydrogen) atoms. The maximum Gasteiger partial charge on any atom is 0.119 e. The molecule has 0 heterocycles. The molecule has 2 heteroatoms. The third-order valence-corrected chi connectivity index (χ3v) is 5.30. The zero-order chi connectivity index (χ0) is 19.7. The van der Waals surface area contributed by atoms with Crippen LogP contribution in [0.15, 0.2) is 104 Å². The van der Waals surface area contributed by atoms with E-state index >= 15 is 0 Å². The standard InChI is InChI=1S/C26H29NO/c1-3-25(21-22-13-7-4-8-14-22)27-20-19-26(28-2,23-15-9-5-10-16-23)24-17-11-6-12-18-24/h3-18,25,27H,1,19-21H2,2H3. The van der Waals surface area contributed by atoms with Gasteiger partial charge in [-0.2, -0.15) is 0 Å².